The second kappa shape index (κ2) is 15.3. The average Bonchev–Trinajstić information content (AvgIpc) is 2.80. The van der Waals surface area contributed by atoms with E-state index >= 15 is 0 Å². The molecule has 39 heavy (non-hydrogen) atoms. The van der Waals surface area contributed by atoms with Gasteiger partial charge in [-0.3, -0.25) is 0 Å². The van der Waals surface area contributed by atoms with E-state index in [2.05, 4.69) is 106 Å². The van der Waals surface area contributed by atoms with Crippen LogP contribution in [-0.4, -0.2) is 42.2 Å². The lowest BCUT2D eigenvalue weighted by Crippen LogP contribution is -2.42. The molecule has 0 radical (unpaired) electrons. The summed E-state index contributed by atoms with van der Waals surface area (Å²) in [5, 5.41) is 0.427. The van der Waals surface area contributed by atoms with Gasteiger partial charge in [-0.1, -0.05) is 90.1 Å². The Hall–Kier alpha value is -1.03. The summed E-state index contributed by atoms with van der Waals surface area (Å²) in [7, 11) is -3.52. The normalized spacial score (nSPS) is 15.3. The minimum absolute atomic E-state index is 0.177. The van der Waals surface area contributed by atoms with Crippen molar-refractivity contribution in [3.63, 3.8) is 0 Å². The zero-order chi connectivity index (χ0) is 30.0. The quantitative estimate of drug-likeness (QED) is 0.0800. The summed E-state index contributed by atoms with van der Waals surface area (Å²) in [6, 6.07) is 10.2. The Morgan fingerprint density at radius 3 is 1.90 bits per heavy atom. The molecule has 1 rings (SSSR count). The van der Waals surface area contributed by atoms with Crippen LogP contribution < -0.4 is 0 Å². The molecular weight excluding hydrogens is 517 g/mol. The molecule has 0 saturated carbocycles. The van der Waals surface area contributed by atoms with E-state index in [1.165, 1.54) is 0 Å². The summed E-state index contributed by atoms with van der Waals surface area (Å²) in [4.78, 5) is 0. The minimum atomic E-state index is -1.84. The maximum atomic E-state index is 6.52. The van der Waals surface area contributed by atoms with Crippen LogP contribution in [0.3, 0.4) is 0 Å². The molecule has 224 valence electrons. The molecule has 0 spiro atoms. The summed E-state index contributed by atoms with van der Waals surface area (Å²) in [5.41, 5.74) is 2.94. The molecule has 1 unspecified atom stereocenters. The molecule has 0 aliphatic rings. The van der Waals surface area contributed by atoms with Gasteiger partial charge < -0.3 is 18.3 Å². The van der Waals surface area contributed by atoms with E-state index in [4.69, 9.17) is 18.3 Å². The topological polar surface area (TPSA) is 36.9 Å². The molecule has 0 aromatic heterocycles. The fraction of sp³-hybridized carbons (Fsp3) is 0.697. The van der Waals surface area contributed by atoms with E-state index in [0.29, 0.717) is 13.2 Å². The molecule has 0 amide bonds. The largest absolute Gasteiger partial charge is 0.417 e. The lowest BCUT2D eigenvalue weighted by atomic mass is 9.91. The van der Waals surface area contributed by atoms with Crippen molar-refractivity contribution in [2.45, 2.75) is 130 Å². The zero-order valence-electron chi connectivity index (χ0n) is 27.5. The van der Waals surface area contributed by atoms with Crippen LogP contribution in [0.1, 0.15) is 86.6 Å². The molecule has 0 aliphatic heterocycles. The van der Waals surface area contributed by atoms with Crippen molar-refractivity contribution < 1.29 is 18.3 Å². The van der Waals surface area contributed by atoms with Crippen molar-refractivity contribution >= 4 is 16.6 Å². The van der Waals surface area contributed by atoms with Gasteiger partial charge in [-0.2, -0.15) is 0 Å². The Bertz CT molecular complexity index is 895. The van der Waals surface area contributed by atoms with Gasteiger partial charge in [-0.05, 0) is 80.5 Å². The van der Waals surface area contributed by atoms with Crippen LogP contribution in [0.4, 0.5) is 0 Å². The Labute approximate surface area is 243 Å². The lowest BCUT2D eigenvalue weighted by Gasteiger charge is -2.38. The fourth-order valence-electron chi connectivity index (χ4n) is 3.54. The second-order valence-electron chi connectivity index (χ2n) is 14.2. The number of rotatable bonds is 17. The van der Waals surface area contributed by atoms with Gasteiger partial charge in [0.2, 0.25) is 0 Å². The molecule has 6 heteroatoms. The first-order chi connectivity index (χ1) is 17.8. The maximum absolute atomic E-state index is 6.52. The number of hydrogen-bond donors (Lipinski definition) is 0. The highest BCUT2D eigenvalue weighted by molar-refractivity contribution is 6.74. The average molecular weight is 577 g/mol. The first-order valence-corrected chi connectivity index (χ1v) is 20.5. The van der Waals surface area contributed by atoms with Crippen LogP contribution in [0.2, 0.25) is 36.3 Å². The molecule has 0 saturated heterocycles. The summed E-state index contributed by atoms with van der Waals surface area (Å²) in [5.74, 6) is 0. The molecule has 0 heterocycles. The lowest BCUT2D eigenvalue weighted by molar-refractivity contribution is -0.130. The number of hydrogen-bond acceptors (Lipinski definition) is 4. The Morgan fingerprint density at radius 1 is 0.821 bits per heavy atom. The SMILES string of the molecule is C=C(/C=C(/C)C(C)(CCO[Si](C)(C)C(C)(C)C)OCOCc1ccccc1)CCCCO[Si](C)(C)C(C)(C)C. The smallest absolute Gasteiger partial charge is 0.191 e. The summed E-state index contributed by atoms with van der Waals surface area (Å²) in [6.45, 7) is 33.8. The standard InChI is InChI=1S/C33H60O4Si2/c1-28(19-17-18-23-36-38(10,11)31(3,4)5)25-29(2)33(9,22-24-37-39(12,13)32(6,7)8)35-27-34-26-30-20-15-14-16-21-30/h14-16,20-21,25H,1,17-19,22-24,26-27H2,2-13H3/b29-25-. The third-order valence-electron chi connectivity index (χ3n) is 8.84. The third-order valence-corrected chi connectivity index (χ3v) is 17.9. The van der Waals surface area contributed by atoms with E-state index < -0.39 is 22.2 Å². The van der Waals surface area contributed by atoms with Gasteiger partial charge >= 0.3 is 0 Å². The Balaban J connectivity index is 2.75. The molecule has 0 fully saturated rings. The predicted molar refractivity (Wildman–Crippen MR) is 173 cm³/mol. The predicted octanol–water partition coefficient (Wildman–Crippen LogP) is 10.0. The van der Waals surface area contributed by atoms with Crippen molar-refractivity contribution in [1.29, 1.82) is 0 Å². The summed E-state index contributed by atoms with van der Waals surface area (Å²) in [6.07, 6.45) is 6.06. The Kier molecular flexibility index (Phi) is 14.1. The highest BCUT2D eigenvalue weighted by Gasteiger charge is 2.38. The van der Waals surface area contributed by atoms with Crippen LogP contribution in [-0.2, 0) is 24.9 Å². The molecule has 1 aromatic rings. The van der Waals surface area contributed by atoms with E-state index in [9.17, 15) is 0 Å². The van der Waals surface area contributed by atoms with Gasteiger partial charge in [0, 0.05) is 19.6 Å². The monoisotopic (exact) mass is 576 g/mol. The van der Waals surface area contributed by atoms with Crippen LogP contribution in [0, 0.1) is 0 Å². The van der Waals surface area contributed by atoms with Gasteiger partial charge in [-0.15, -0.1) is 0 Å². The van der Waals surface area contributed by atoms with Crippen molar-refractivity contribution in [3.8, 4) is 0 Å². The summed E-state index contributed by atoms with van der Waals surface area (Å²) >= 11 is 0. The number of ether oxygens (including phenoxy) is 2. The van der Waals surface area contributed by atoms with E-state index in [0.717, 1.165) is 49.0 Å². The highest BCUT2D eigenvalue weighted by atomic mass is 28.4. The van der Waals surface area contributed by atoms with Crippen molar-refractivity contribution in [3.05, 3.63) is 59.7 Å². The first-order valence-electron chi connectivity index (χ1n) is 14.7. The van der Waals surface area contributed by atoms with E-state index in [1.54, 1.807) is 0 Å². The Morgan fingerprint density at radius 2 is 1.36 bits per heavy atom. The summed E-state index contributed by atoms with van der Waals surface area (Å²) < 4.78 is 25.2. The van der Waals surface area contributed by atoms with Crippen LogP contribution in [0.25, 0.3) is 0 Å². The van der Waals surface area contributed by atoms with Crippen LogP contribution in [0.5, 0.6) is 0 Å². The molecule has 0 bridgehead atoms. The second-order valence-corrected chi connectivity index (χ2v) is 23.9. The molecule has 0 aliphatic carbocycles. The van der Waals surface area contributed by atoms with Gasteiger partial charge in [0.15, 0.2) is 16.6 Å². The van der Waals surface area contributed by atoms with Crippen molar-refractivity contribution in [1.82, 2.24) is 0 Å². The van der Waals surface area contributed by atoms with Gasteiger partial charge in [0.25, 0.3) is 0 Å². The number of allylic oxidation sites excluding steroid dienone is 2. The van der Waals surface area contributed by atoms with Gasteiger partial charge in [0.1, 0.15) is 6.79 Å². The zero-order valence-corrected chi connectivity index (χ0v) is 29.5. The minimum Gasteiger partial charge on any atom is -0.417 e. The molecule has 0 N–H and O–H groups in total. The maximum Gasteiger partial charge on any atom is 0.191 e. The van der Waals surface area contributed by atoms with Gasteiger partial charge in [-0.25, -0.2) is 0 Å². The first kappa shape index (κ1) is 36.0. The van der Waals surface area contributed by atoms with E-state index in [-0.39, 0.29) is 16.9 Å². The van der Waals surface area contributed by atoms with Gasteiger partial charge in [0.05, 0.1) is 12.2 Å². The number of benzene rings is 1. The third kappa shape index (κ3) is 12.6. The molecule has 1 aromatic carbocycles. The number of unbranched alkanes of at least 4 members (excludes halogenated alkanes) is 1. The highest BCUT2D eigenvalue weighted by Crippen LogP contribution is 2.38. The fourth-order valence-corrected chi connectivity index (χ4v) is 5.67. The van der Waals surface area contributed by atoms with Crippen LogP contribution in [0.15, 0.2) is 54.1 Å². The molecular formula is C33H60O4Si2. The van der Waals surface area contributed by atoms with E-state index in [1.807, 2.05) is 18.2 Å². The van der Waals surface area contributed by atoms with Crippen LogP contribution >= 0.6 is 0 Å². The van der Waals surface area contributed by atoms with Crippen molar-refractivity contribution in [2.24, 2.45) is 0 Å². The molecule has 1 atom stereocenters. The molecule has 4 nitrogen and oxygen atoms in total. The van der Waals surface area contributed by atoms with Crippen molar-refractivity contribution in [2.75, 3.05) is 20.0 Å².